The Hall–Kier alpha value is -1.12. The molecule has 14 heavy (non-hydrogen) atoms. The van der Waals surface area contributed by atoms with Gasteiger partial charge in [-0.05, 0) is 25.2 Å². The zero-order valence-electron chi connectivity index (χ0n) is 8.40. The first-order chi connectivity index (χ1) is 6.75. The molecule has 1 saturated carbocycles. The fourth-order valence-corrected chi connectivity index (χ4v) is 2.14. The molecule has 0 aromatic carbocycles. The summed E-state index contributed by atoms with van der Waals surface area (Å²) in [5.74, 6) is 1.28. The normalized spacial score (nSPS) is 27.9. The molecule has 3 nitrogen and oxygen atoms in total. The minimum atomic E-state index is 0.193. The van der Waals surface area contributed by atoms with Gasteiger partial charge in [0, 0.05) is 17.9 Å². The van der Waals surface area contributed by atoms with Crippen LogP contribution in [0.15, 0.2) is 17.0 Å². The van der Waals surface area contributed by atoms with Crippen molar-refractivity contribution in [1.82, 2.24) is 5.16 Å². The van der Waals surface area contributed by atoms with Gasteiger partial charge in [-0.15, -0.1) is 0 Å². The van der Waals surface area contributed by atoms with E-state index in [1.165, 1.54) is 0 Å². The summed E-state index contributed by atoms with van der Waals surface area (Å²) in [7, 11) is 0. The Labute approximate surface area is 83.5 Å². The third-order valence-electron chi connectivity index (χ3n) is 2.99. The maximum absolute atomic E-state index is 11.6. The van der Waals surface area contributed by atoms with Crippen LogP contribution < -0.4 is 0 Å². The predicted molar refractivity (Wildman–Crippen MR) is 51.7 cm³/mol. The highest BCUT2D eigenvalue weighted by atomic mass is 16.5. The number of ketones is 1. The van der Waals surface area contributed by atoms with Crippen molar-refractivity contribution in [3.63, 3.8) is 0 Å². The molecule has 76 valence electrons. The number of hydrogen-bond donors (Lipinski definition) is 0. The van der Waals surface area contributed by atoms with Crippen LogP contribution in [0.2, 0.25) is 0 Å². The van der Waals surface area contributed by atoms with Gasteiger partial charge in [0.15, 0.2) is 0 Å². The third-order valence-corrected chi connectivity index (χ3v) is 2.99. The average Bonchev–Trinajstić information content (AvgIpc) is 2.64. The molecule has 1 heterocycles. The summed E-state index contributed by atoms with van der Waals surface area (Å²) in [6, 6.07) is 0. The zero-order valence-corrected chi connectivity index (χ0v) is 8.40. The van der Waals surface area contributed by atoms with Crippen molar-refractivity contribution < 1.29 is 9.32 Å². The van der Waals surface area contributed by atoms with Crippen LogP contribution in [0.3, 0.4) is 0 Å². The first-order valence-corrected chi connectivity index (χ1v) is 5.16. The van der Waals surface area contributed by atoms with Crippen molar-refractivity contribution in [2.75, 3.05) is 0 Å². The summed E-state index contributed by atoms with van der Waals surface area (Å²) in [5.41, 5.74) is 1.04. The van der Waals surface area contributed by atoms with E-state index < -0.39 is 0 Å². The molecule has 2 atom stereocenters. The van der Waals surface area contributed by atoms with E-state index in [0.717, 1.165) is 31.2 Å². The lowest BCUT2D eigenvalue weighted by molar-refractivity contribution is -0.125. The Bertz CT molecular complexity index is 305. The van der Waals surface area contributed by atoms with E-state index in [4.69, 9.17) is 4.52 Å². The predicted octanol–water partition coefficient (Wildman–Crippen LogP) is 2.22. The molecule has 0 amide bonds. The fraction of sp³-hybridized carbons (Fsp3) is 0.636. The van der Waals surface area contributed by atoms with Gasteiger partial charge in [-0.1, -0.05) is 12.1 Å². The van der Waals surface area contributed by atoms with E-state index in [9.17, 15) is 4.79 Å². The molecule has 0 bridgehead atoms. The maximum atomic E-state index is 11.6. The molecule has 0 N–H and O–H groups in total. The van der Waals surface area contributed by atoms with Gasteiger partial charge in [-0.2, -0.15) is 0 Å². The first-order valence-electron chi connectivity index (χ1n) is 5.16. The standard InChI is InChI=1S/C11H15NO2/c1-8-2-3-11(13)10(4-8)5-9-6-12-14-7-9/h6-8,10H,2-5H2,1H3. The monoisotopic (exact) mass is 193 g/mol. The van der Waals surface area contributed by atoms with Crippen LogP contribution in [-0.4, -0.2) is 10.9 Å². The van der Waals surface area contributed by atoms with Gasteiger partial charge < -0.3 is 4.52 Å². The van der Waals surface area contributed by atoms with Gasteiger partial charge in [-0.25, -0.2) is 0 Å². The van der Waals surface area contributed by atoms with Crippen molar-refractivity contribution in [3.05, 3.63) is 18.0 Å². The van der Waals surface area contributed by atoms with Crippen LogP contribution in [0.1, 0.15) is 31.7 Å². The van der Waals surface area contributed by atoms with Crippen molar-refractivity contribution in [2.24, 2.45) is 11.8 Å². The van der Waals surface area contributed by atoms with E-state index in [1.54, 1.807) is 12.5 Å². The van der Waals surface area contributed by atoms with Crippen LogP contribution in [0.25, 0.3) is 0 Å². The molecule has 1 fully saturated rings. The van der Waals surface area contributed by atoms with Crippen LogP contribution in [0, 0.1) is 11.8 Å². The Morgan fingerprint density at radius 3 is 3.21 bits per heavy atom. The average molecular weight is 193 g/mol. The van der Waals surface area contributed by atoms with Crippen LogP contribution in [0.5, 0.6) is 0 Å². The lowest BCUT2D eigenvalue weighted by Crippen LogP contribution is -2.25. The van der Waals surface area contributed by atoms with Gasteiger partial charge >= 0.3 is 0 Å². The molecule has 1 aliphatic carbocycles. The van der Waals surface area contributed by atoms with Crippen molar-refractivity contribution in [1.29, 1.82) is 0 Å². The third kappa shape index (κ3) is 2.03. The van der Waals surface area contributed by atoms with E-state index in [1.807, 2.05) is 0 Å². The molecule has 0 aliphatic heterocycles. The second kappa shape index (κ2) is 3.95. The molecule has 1 aliphatic rings. The molecule has 2 rings (SSSR count). The Morgan fingerprint density at radius 1 is 1.64 bits per heavy atom. The summed E-state index contributed by atoms with van der Waals surface area (Å²) >= 11 is 0. The summed E-state index contributed by atoms with van der Waals surface area (Å²) in [4.78, 5) is 11.6. The van der Waals surface area contributed by atoms with E-state index in [2.05, 4.69) is 12.1 Å². The summed E-state index contributed by atoms with van der Waals surface area (Å²) < 4.78 is 4.76. The number of nitrogens with zero attached hydrogens (tertiary/aromatic N) is 1. The fourth-order valence-electron chi connectivity index (χ4n) is 2.14. The summed E-state index contributed by atoms with van der Waals surface area (Å²) in [6.07, 6.45) is 6.95. The number of carbonyl (C=O) groups excluding carboxylic acids is 1. The minimum absolute atomic E-state index is 0.193. The molecule has 2 unspecified atom stereocenters. The molecule has 0 saturated heterocycles. The zero-order chi connectivity index (χ0) is 9.97. The van der Waals surface area contributed by atoms with Crippen LogP contribution >= 0.6 is 0 Å². The molecule has 0 spiro atoms. The highest BCUT2D eigenvalue weighted by Gasteiger charge is 2.26. The first kappa shape index (κ1) is 9.44. The topological polar surface area (TPSA) is 43.1 Å². The Morgan fingerprint density at radius 2 is 2.50 bits per heavy atom. The maximum Gasteiger partial charge on any atom is 0.136 e. The summed E-state index contributed by atoms with van der Waals surface area (Å²) in [5, 5.41) is 3.65. The number of carbonyl (C=O) groups is 1. The molecular formula is C11H15NO2. The van der Waals surface area contributed by atoms with Gasteiger partial charge in [0.05, 0.1) is 6.20 Å². The smallest absolute Gasteiger partial charge is 0.136 e. The quantitative estimate of drug-likeness (QED) is 0.723. The molecule has 1 aromatic heterocycles. The summed E-state index contributed by atoms with van der Waals surface area (Å²) in [6.45, 7) is 2.22. The molecule has 3 heteroatoms. The molecule has 0 radical (unpaired) electrons. The van der Waals surface area contributed by atoms with Crippen LogP contribution in [-0.2, 0) is 11.2 Å². The molecular weight excluding hydrogens is 178 g/mol. The van der Waals surface area contributed by atoms with E-state index >= 15 is 0 Å². The lowest BCUT2D eigenvalue weighted by Gasteiger charge is -2.24. The number of hydrogen-bond acceptors (Lipinski definition) is 3. The molecule has 1 aromatic rings. The van der Waals surface area contributed by atoms with Gasteiger partial charge in [0.1, 0.15) is 12.0 Å². The largest absolute Gasteiger partial charge is 0.364 e. The second-order valence-electron chi connectivity index (χ2n) is 4.28. The highest BCUT2D eigenvalue weighted by Crippen LogP contribution is 2.28. The van der Waals surface area contributed by atoms with E-state index in [-0.39, 0.29) is 5.92 Å². The minimum Gasteiger partial charge on any atom is -0.364 e. The second-order valence-corrected chi connectivity index (χ2v) is 4.28. The Kier molecular flexibility index (Phi) is 2.66. The Balaban J connectivity index is 1.99. The highest BCUT2D eigenvalue weighted by molar-refractivity contribution is 5.81. The number of Topliss-reactive ketones (excluding diaryl/α,β-unsaturated/α-hetero) is 1. The number of aromatic nitrogens is 1. The van der Waals surface area contributed by atoms with Crippen molar-refractivity contribution in [3.8, 4) is 0 Å². The lowest BCUT2D eigenvalue weighted by atomic mass is 9.79. The van der Waals surface area contributed by atoms with Gasteiger partial charge in [0.25, 0.3) is 0 Å². The van der Waals surface area contributed by atoms with Crippen molar-refractivity contribution in [2.45, 2.75) is 32.6 Å². The van der Waals surface area contributed by atoms with Gasteiger partial charge in [0.2, 0.25) is 0 Å². The van der Waals surface area contributed by atoms with E-state index in [0.29, 0.717) is 11.7 Å². The van der Waals surface area contributed by atoms with Crippen molar-refractivity contribution >= 4 is 5.78 Å². The van der Waals surface area contributed by atoms with Gasteiger partial charge in [-0.3, -0.25) is 4.79 Å². The van der Waals surface area contributed by atoms with Crippen LogP contribution in [0.4, 0.5) is 0 Å². The SMILES string of the molecule is CC1CCC(=O)C(Cc2cnoc2)C1. The number of rotatable bonds is 2.